The van der Waals surface area contributed by atoms with Gasteiger partial charge in [-0.25, -0.2) is 4.79 Å². The van der Waals surface area contributed by atoms with Crippen LogP contribution in [0.1, 0.15) is 5.56 Å². The first kappa shape index (κ1) is 9.25. The molecule has 1 rings (SSSR count). The molecule has 4 heteroatoms. The van der Waals surface area contributed by atoms with Crippen LogP contribution in [0.15, 0.2) is 30.6 Å². The highest BCUT2D eigenvalue weighted by Crippen LogP contribution is 1.97. The Morgan fingerprint density at radius 3 is 3.08 bits per heavy atom. The molecule has 0 saturated carbocycles. The largest absolute Gasteiger partial charge is 0.619 e. The first-order chi connectivity index (χ1) is 6.22. The average molecular weight is 179 g/mol. The first-order valence-corrected chi connectivity index (χ1v) is 3.67. The fourth-order valence-electron chi connectivity index (χ4n) is 0.803. The predicted octanol–water partition coefficient (Wildman–Crippen LogP) is 0.506. The smallest absolute Gasteiger partial charge is 0.330 e. The molecule has 0 aromatic carbocycles. The van der Waals surface area contributed by atoms with E-state index in [2.05, 4.69) is 4.74 Å². The van der Waals surface area contributed by atoms with Crippen LogP contribution in [0.25, 0.3) is 6.08 Å². The minimum Gasteiger partial charge on any atom is -0.619 e. The molecule has 0 bridgehead atoms. The maximum Gasteiger partial charge on any atom is 0.330 e. The van der Waals surface area contributed by atoms with Gasteiger partial charge in [-0.15, -0.1) is 0 Å². The number of carbonyl (C=O) groups excluding carboxylic acids is 1. The molecule has 0 amide bonds. The van der Waals surface area contributed by atoms with E-state index in [1.807, 2.05) is 0 Å². The number of carbonyl (C=O) groups is 1. The molecule has 0 aliphatic carbocycles. The monoisotopic (exact) mass is 179 g/mol. The number of pyridine rings is 1. The minimum atomic E-state index is -0.443. The zero-order valence-corrected chi connectivity index (χ0v) is 7.14. The number of methoxy groups -OCH3 is 1. The summed E-state index contributed by atoms with van der Waals surface area (Å²) in [6, 6.07) is 3.32. The Labute approximate surface area is 75.7 Å². The van der Waals surface area contributed by atoms with Crippen molar-refractivity contribution in [1.82, 2.24) is 0 Å². The van der Waals surface area contributed by atoms with Crippen LogP contribution in [-0.2, 0) is 9.53 Å². The zero-order chi connectivity index (χ0) is 9.68. The maximum atomic E-state index is 10.8. The van der Waals surface area contributed by atoms with Crippen LogP contribution in [0.4, 0.5) is 0 Å². The number of rotatable bonds is 2. The van der Waals surface area contributed by atoms with Gasteiger partial charge in [-0.3, -0.25) is 0 Å². The summed E-state index contributed by atoms with van der Waals surface area (Å²) < 4.78 is 5.06. The van der Waals surface area contributed by atoms with Gasteiger partial charge in [0.15, 0.2) is 12.4 Å². The van der Waals surface area contributed by atoms with E-state index in [4.69, 9.17) is 0 Å². The van der Waals surface area contributed by atoms with E-state index in [1.165, 1.54) is 31.7 Å². The summed E-state index contributed by atoms with van der Waals surface area (Å²) in [6.45, 7) is 0. The zero-order valence-electron chi connectivity index (χ0n) is 7.14. The third kappa shape index (κ3) is 2.94. The Morgan fingerprint density at radius 2 is 2.46 bits per heavy atom. The van der Waals surface area contributed by atoms with E-state index < -0.39 is 5.97 Å². The molecular weight excluding hydrogens is 170 g/mol. The van der Waals surface area contributed by atoms with Crippen molar-refractivity contribution in [3.63, 3.8) is 0 Å². The third-order valence-electron chi connectivity index (χ3n) is 1.41. The lowest BCUT2D eigenvalue weighted by molar-refractivity contribution is -0.605. The van der Waals surface area contributed by atoms with Crippen LogP contribution in [0.2, 0.25) is 0 Å². The SMILES string of the molecule is COC(=O)/C=C\c1ccc[n+]([O-])c1. The quantitative estimate of drug-likeness (QED) is 0.287. The molecule has 0 saturated heterocycles. The summed E-state index contributed by atoms with van der Waals surface area (Å²) >= 11 is 0. The van der Waals surface area contributed by atoms with Crippen LogP contribution in [0.5, 0.6) is 0 Å². The van der Waals surface area contributed by atoms with Crippen molar-refractivity contribution in [1.29, 1.82) is 0 Å². The van der Waals surface area contributed by atoms with Gasteiger partial charge in [-0.2, -0.15) is 4.73 Å². The fraction of sp³-hybridized carbons (Fsp3) is 0.111. The molecule has 0 aliphatic heterocycles. The molecule has 0 spiro atoms. The predicted molar refractivity (Wildman–Crippen MR) is 46.5 cm³/mol. The van der Waals surface area contributed by atoms with Gasteiger partial charge in [-0.1, -0.05) is 0 Å². The fourth-order valence-corrected chi connectivity index (χ4v) is 0.803. The number of esters is 1. The lowest BCUT2D eigenvalue weighted by Crippen LogP contribution is -2.24. The number of aromatic nitrogens is 1. The lowest BCUT2D eigenvalue weighted by atomic mass is 10.2. The molecule has 0 radical (unpaired) electrons. The standard InChI is InChI=1S/C9H9NO3/c1-13-9(11)5-4-8-3-2-6-10(12)7-8/h2-7H,1H3/b5-4-. The van der Waals surface area contributed by atoms with Crippen molar-refractivity contribution in [3.05, 3.63) is 41.4 Å². The second-order valence-electron chi connectivity index (χ2n) is 2.35. The molecule has 1 aromatic rings. The Bertz CT molecular complexity index is 333. The molecule has 0 aliphatic rings. The number of hydrogen-bond donors (Lipinski definition) is 0. The van der Waals surface area contributed by atoms with E-state index in [1.54, 1.807) is 12.1 Å². The topological polar surface area (TPSA) is 53.2 Å². The average Bonchev–Trinajstić information content (AvgIpc) is 2.14. The second-order valence-corrected chi connectivity index (χ2v) is 2.35. The van der Waals surface area contributed by atoms with Crippen LogP contribution < -0.4 is 4.73 Å². The third-order valence-corrected chi connectivity index (χ3v) is 1.41. The molecule has 68 valence electrons. The van der Waals surface area contributed by atoms with Gasteiger partial charge in [-0.05, 0) is 12.1 Å². The van der Waals surface area contributed by atoms with E-state index in [0.29, 0.717) is 10.3 Å². The minimum absolute atomic E-state index is 0.443. The van der Waals surface area contributed by atoms with Crippen molar-refractivity contribution in [2.75, 3.05) is 7.11 Å². The first-order valence-electron chi connectivity index (χ1n) is 3.67. The summed E-state index contributed by atoms with van der Waals surface area (Å²) in [4.78, 5) is 10.7. The van der Waals surface area contributed by atoms with Gasteiger partial charge < -0.3 is 9.94 Å². The van der Waals surface area contributed by atoms with Gasteiger partial charge >= 0.3 is 5.97 Å². The van der Waals surface area contributed by atoms with Crippen molar-refractivity contribution < 1.29 is 14.3 Å². The summed E-state index contributed by atoms with van der Waals surface area (Å²) in [5.41, 5.74) is 0.655. The summed E-state index contributed by atoms with van der Waals surface area (Å²) in [6.07, 6.45) is 5.50. The number of ether oxygens (including phenoxy) is 1. The highest BCUT2D eigenvalue weighted by Gasteiger charge is 1.94. The van der Waals surface area contributed by atoms with Crippen molar-refractivity contribution in [3.8, 4) is 0 Å². The van der Waals surface area contributed by atoms with Gasteiger partial charge in [0.25, 0.3) is 0 Å². The van der Waals surface area contributed by atoms with Crippen molar-refractivity contribution in [2.45, 2.75) is 0 Å². The Hall–Kier alpha value is -1.84. The van der Waals surface area contributed by atoms with E-state index in [9.17, 15) is 10.0 Å². The van der Waals surface area contributed by atoms with Crippen LogP contribution in [0, 0.1) is 5.21 Å². The Balaban J connectivity index is 2.74. The molecular formula is C9H9NO3. The van der Waals surface area contributed by atoms with Gasteiger partial charge in [0.05, 0.1) is 7.11 Å². The van der Waals surface area contributed by atoms with Crippen LogP contribution >= 0.6 is 0 Å². The molecule has 1 aromatic heterocycles. The van der Waals surface area contributed by atoms with E-state index in [0.717, 1.165) is 0 Å². The van der Waals surface area contributed by atoms with Crippen molar-refractivity contribution in [2.24, 2.45) is 0 Å². The van der Waals surface area contributed by atoms with Crippen LogP contribution in [0.3, 0.4) is 0 Å². The van der Waals surface area contributed by atoms with Gasteiger partial charge in [0, 0.05) is 17.7 Å². The van der Waals surface area contributed by atoms with E-state index in [-0.39, 0.29) is 0 Å². The normalized spacial score (nSPS) is 10.2. The molecule has 0 fully saturated rings. The number of nitrogens with zero attached hydrogens (tertiary/aromatic N) is 1. The summed E-state index contributed by atoms with van der Waals surface area (Å²) in [5, 5.41) is 10.8. The highest BCUT2D eigenvalue weighted by atomic mass is 16.5. The lowest BCUT2D eigenvalue weighted by Gasteiger charge is -1.95. The molecule has 1 heterocycles. The molecule has 0 unspecified atom stereocenters. The molecule has 0 atom stereocenters. The maximum absolute atomic E-state index is 10.8. The van der Waals surface area contributed by atoms with Gasteiger partial charge in [0.1, 0.15) is 0 Å². The molecule has 0 N–H and O–H groups in total. The second kappa shape index (κ2) is 4.25. The Morgan fingerprint density at radius 1 is 1.69 bits per heavy atom. The summed E-state index contributed by atoms with van der Waals surface area (Å²) in [7, 11) is 1.30. The number of hydrogen-bond acceptors (Lipinski definition) is 3. The van der Waals surface area contributed by atoms with Crippen molar-refractivity contribution >= 4 is 12.0 Å². The molecule has 4 nitrogen and oxygen atoms in total. The summed E-state index contributed by atoms with van der Waals surface area (Å²) in [5.74, 6) is -0.443. The van der Waals surface area contributed by atoms with Gasteiger partial charge in [0.2, 0.25) is 0 Å². The Kier molecular flexibility index (Phi) is 3.03. The van der Waals surface area contributed by atoms with Crippen LogP contribution in [-0.4, -0.2) is 13.1 Å². The highest BCUT2D eigenvalue weighted by molar-refractivity contribution is 5.86. The molecule has 13 heavy (non-hydrogen) atoms. The van der Waals surface area contributed by atoms with E-state index >= 15 is 0 Å².